The van der Waals surface area contributed by atoms with Crippen LogP contribution in [0.5, 0.6) is 0 Å². The molecule has 0 aliphatic heterocycles. The van der Waals surface area contributed by atoms with E-state index in [2.05, 4.69) is 15.7 Å². The average Bonchev–Trinajstić information content (AvgIpc) is 3.01. The maximum Gasteiger partial charge on any atom is 0.435 e. The second-order valence-electron chi connectivity index (χ2n) is 5.24. The highest BCUT2D eigenvalue weighted by atomic mass is 19.4. The number of hydrogen-bond acceptors (Lipinski definition) is 2. The Balaban J connectivity index is 1.87. The zero-order valence-corrected chi connectivity index (χ0v) is 13.1. The quantitative estimate of drug-likeness (QED) is 0.664. The molecule has 0 saturated carbocycles. The number of nitrogens with one attached hydrogen (secondary N) is 2. The molecule has 0 atom stereocenters. The molecule has 0 spiro atoms. The van der Waals surface area contributed by atoms with Crippen molar-refractivity contribution in [3.8, 4) is 5.69 Å². The third-order valence-corrected chi connectivity index (χ3v) is 3.39. The molecule has 3 rings (SSSR count). The topological polar surface area (TPSA) is 59.0 Å². The SMILES string of the molecule is O=C(Nc1ccc(F)cc1)Nc1cnn(-c2ccccc2)c1C(F)(F)F. The van der Waals surface area contributed by atoms with Crippen molar-refractivity contribution in [2.45, 2.75) is 6.18 Å². The summed E-state index contributed by atoms with van der Waals surface area (Å²) in [6.07, 6.45) is -3.83. The third kappa shape index (κ3) is 3.82. The minimum absolute atomic E-state index is 0.201. The van der Waals surface area contributed by atoms with Crippen LogP contribution in [0.15, 0.2) is 60.8 Å². The van der Waals surface area contributed by atoms with Gasteiger partial charge in [0.25, 0.3) is 0 Å². The van der Waals surface area contributed by atoms with Crippen molar-refractivity contribution >= 4 is 17.4 Å². The van der Waals surface area contributed by atoms with E-state index in [9.17, 15) is 22.4 Å². The highest BCUT2D eigenvalue weighted by Gasteiger charge is 2.39. The Morgan fingerprint density at radius 2 is 1.62 bits per heavy atom. The summed E-state index contributed by atoms with van der Waals surface area (Å²) in [6.45, 7) is 0. The number of urea groups is 1. The van der Waals surface area contributed by atoms with Crippen molar-refractivity contribution < 1.29 is 22.4 Å². The number of hydrogen-bond donors (Lipinski definition) is 2. The highest BCUT2D eigenvalue weighted by Crippen LogP contribution is 2.36. The molecular weight excluding hydrogens is 352 g/mol. The molecule has 1 heterocycles. The Bertz CT molecular complexity index is 905. The predicted octanol–water partition coefficient (Wildman–Crippen LogP) is 4.67. The van der Waals surface area contributed by atoms with Gasteiger partial charge in [-0.05, 0) is 36.4 Å². The molecule has 0 bridgehead atoms. The van der Waals surface area contributed by atoms with Gasteiger partial charge in [-0.3, -0.25) is 0 Å². The molecule has 0 aliphatic carbocycles. The molecule has 0 saturated heterocycles. The number of para-hydroxylation sites is 1. The van der Waals surface area contributed by atoms with E-state index < -0.39 is 29.4 Å². The van der Waals surface area contributed by atoms with Gasteiger partial charge in [0, 0.05) is 5.69 Å². The number of nitrogens with zero attached hydrogens (tertiary/aromatic N) is 2. The van der Waals surface area contributed by atoms with E-state index in [0.717, 1.165) is 18.3 Å². The summed E-state index contributed by atoms with van der Waals surface area (Å²) in [7, 11) is 0. The van der Waals surface area contributed by atoms with Gasteiger partial charge in [0.05, 0.1) is 17.6 Å². The fraction of sp³-hybridized carbons (Fsp3) is 0.0588. The van der Waals surface area contributed by atoms with Crippen LogP contribution in [0.4, 0.5) is 33.7 Å². The highest BCUT2D eigenvalue weighted by molar-refractivity contribution is 6.00. The van der Waals surface area contributed by atoms with Crippen molar-refractivity contribution in [1.29, 1.82) is 0 Å². The summed E-state index contributed by atoms with van der Waals surface area (Å²) < 4.78 is 54.0. The summed E-state index contributed by atoms with van der Waals surface area (Å²) >= 11 is 0. The third-order valence-electron chi connectivity index (χ3n) is 3.39. The smallest absolute Gasteiger partial charge is 0.308 e. The summed E-state index contributed by atoms with van der Waals surface area (Å²) in [6, 6.07) is 11.6. The van der Waals surface area contributed by atoms with Gasteiger partial charge in [0.1, 0.15) is 5.82 Å². The number of halogens is 4. The summed E-state index contributed by atoms with van der Waals surface area (Å²) in [4.78, 5) is 12.0. The number of aromatic nitrogens is 2. The van der Waals surface area contributed by atoms with Gasteiger partial charge < -0.3 is 10.6 Å². The van der Waals surface area contributed by atoms with E-state index in [1.54, 1.807) is 18.2 Å². The van der Waals surface area contributed by atoms with Crippen LogP contribution in [-0.2, 0) is 6.18 Å². The second-order valence-corrected chi connectivity index (χ2v) is 5.24. The largest absolute Gasteiger partial charge is 0.435 e. The van der Waals surface area contributed by atoms with Crippen molar-refractivity contribution in [3.63, 3.8) is 0 Å². The van der Waals surface area contributed by atoms with E-state index >= 15 is 0 Å². The minimum Gasteiger partial charge on any atom is -0.308 e. The molecule has 2 N–H and O–H groups in total. The molecule has 5 nitrogen and oxygen atoms in total. The Labute approximate surface area is 145 Å². The fourth-order valence-corrected chi connectivity index (χ4v) is 2.30. The first kappa shape index (κ1) is 17.5. The number of carbonyl (C=O) groups excluding carboxylic acids is 1. The Hall–Kier alpha value is -3.36. The van der Waals surface area contributed by atoms with Gasteiger partial charge in [0.2, 0.25) is 0 Å². The number of benzene rings is 2. The molecule has 0 unspecified atom stereocenters. The lowest BCUT2D eigenvalue weighted by Gasteiger charge is -2.13. The molecule has 2 aromatic carbocycles. The number of carbonyl (C=O) groups is 1. The predicted molar refractivity (Wildman–Crippen MR) is 87.6 cm³/mol. The zero-order valence-electron chi connectivity index (χ0n) is 13.1. The van der Waals surface area contributed by atoms with Crippen LogP contribution < -0.4 is 10.6 Å². The van der Waals surface area contributed by atoms with E-state index in [0.29, 0.717) is 4.68 Å². The molecule has 3 aromatic rings. The first-order chi connectivity index (χ1) is 12.3. The summed E-state index contributed by atoms with van der Waals surface area (Å²) in [5.74, 6) is -0.501. The van der Waals surface area contributed by atoms with Crippen LogP contribution >= 0.6 is 0 Å². The molecule has 0 fully saturated rings. The van der Waals surface area contributed by atoms with Gasteiger partial charge in [-0.15, -0.1) is 0 Å². The van der Waals surface area contributed by atoms with Gasteiger partial charge in [-0.1, -0.05) is 18.2 Å². The fourth-order valence-electron chi connectivity index (χ4n) is 2.30. The first-order valence-corrected chi connectivity index (χ1v) is 7.39. The van der Waals surface area contributed by atoms with Crippen LogP contribution in [0.25, 0.3) is 5.69 Å². The van der Waals surface area contributed by atoms with Crippen LogP contribution in [0, 0.1) is 5.82 Å². The van der Waals surface area contributed by atoms with Gasteiger partial charge in [-0.2, -0.15) is 18.3 Å². The molecule has 1 aromatic heterocycles. The standard InChI is InChI=1S/C17H12F4N4O/c18-11-6-8-12(9-7-11)23-16(26)24-14-10-22-25(15(14)17(19,20)21)13-4-2-1-3-5-13/h1-10H,(H2,23,24,26). The van der Waals surface area contributed by atoms with Crippen LogP contribution in [0.2, 0.25) is 0 Å². The summed E-state index contributed by atoms with van der Waals surface area (Å²) in [5, 5.41) is 8.18. The molecule has 9 heteroatoms. The lowest BCUT2D eigenvalue weighted by atomic mass is 10.3. The van der Waals surface area contributed by atoms with Crippen molar-refractivity contribution in [3.05, 3.63) is 72.3 Å². The van der Waals surface area contributed by atoms with Crippen molar-refractivity contribution in [2.75, 3.05) is 10.6 Å². The number of anilines is 2. The van der Waals surface area contributed by atoms with E-state index in [1.807, 2.05) is 0 Å². The van der Waals surface area contributed by atoms with Crippen molar-refractivity contribution in [2.24, 2.45) is 0 Å². The normalized spacial score (nSPS) is 11.2. The van der Waals surface area contributed by atoms with Gasteiger partial charge >= 0.3 is 12.2 Å². The number of alkyl halides is 3. The monoisotopic (exact) mass is 364 g/mol. The Kier molecular flexibility index (Phi) is 4.61. The van der Waals surface area contributed by atoms with Crippen LogP contribution in [0.1, 0.15) is 5.69 Å². The average molecular weight is 364 g/mol. The van der Waals surface area contributed by atoms with Gasteiger partial charge in [0.15, 0.2) is 5.69 Å². The lowest BCUT2D eigenvalue weighted by molar-refractivity contribution is -0.142. The summed E-state index contributed by atoms with van der Waals surface area (Å²) in [5.41, 5.74) is -1.18. The van der Waals surface area contributed by atoms with E-state index in [4.69, 9.17) is 0 Å². The molecule has 2 amide bonds. The van der Waals surface area contributed by atoms with E-state index in [-0.39, 0.29) is 11.4 Å². The Morgan fingerprint density at radius 1 is 0.962 bits per heavy atom. The molecule has 0 radical (unpaired) electrons. The number of amides is 2. The van der Waals surface area contributed by atoms with Gasteiger partial charge in [-0.25, -0.2) is 13.9 Å². The van der Waals surface area contributed by atoms with Crippen molar-refractivity contribution in [1.82, 2.24) is 9.78 Å². The maximum absolute atomic E-state index is 13.5. The van der Waals surface area contributed by atoms with E-state index in [1.165, 1.54) is 24.3 Å². The second kappa shape index (κ2) is 6.87. The minimum atomic E-state index is -4.75. The molecule has 0 aliphatic rings. The molecular formula is C17H12F4N4O. The first-order valence-electron chi connectivity index (χ1n) is 7.39. The maximum atomic E-state index is 13.5. The number of rotatable bonds is 3. The lowest BCUT2D eigenvalue weighted by Crippen LogP contribution is -2.22. The molecule has 134 valence electrons. The Morgan fingerprint density at radius 3 is 2.23 bits per heavy atom. The zero-order chi connectivity index (χ0) is 18.7. The van der Waals surface area contributed by atoms with Crippen LogP contribution in [-0.4, -0.2) is 15.8 Å². The van der Waals surface area contributed by atoms with Crippen LogP contribution in [0.3, 0.4) is 0 Å². The molecule has 26 heavy (non-hydrogen) atoms.